The number of amides is 5. The van der Waals surface area contributed by atoms with E-state index in [0.29, 0.717) is 113 Å². The second kappa shape index (κ2) is 20.0. The fraction of sp³-hybridized carbons (Fsp3) is 0.526. The van der Waals surface area contributed by atoms with Gasteiger partial charge in [-0.25, -0.2) is 19.3 Å². The Morgan fingerprint density at radius 1 is 0.827 bits per heavy atom. The molecule has 2 atom stereocenters. The standard InChI is InChI=1S/C57H66FN11O6/c1-34(2)68-33-61-47-29-46(63-52(51(47)68)62-45-16-20-59-31-44(45)58)36-8-13-43-48(26-36)69(40-27-39(28-40)65-21-4-3-5-22-65)56(74)57(43)18-24-66(25-19-57)55(73)38-17-23-67(32-38)54(72)35-6-10-41(11-7-35)75-50-15-9-37(30-60-50)42-12-14-49(70)64-53(42)71/h8-9,13,15-16,20,26,29-31,33-35,38-42H,3-7,10-12,14,17-19,21-25,27-28,32H2,1-2H3,(H,59,62,63)(H,64,70,71)/t35?,38-,39?,40?,41?,42?/m1/s1. The van der Waals surface area contributed by atoms with Crippen LogP contribution in [0.2, 0.25) is 0 Å². The molecule has 5 aliphatic heterocycles. The van der Waals surface area contributed by atoms with Gasteiger partial charge in [0.05, 0.1) is 46.7 Å². The summed E-state index contributed by atoms with van der Waals surface area (Å²) in [7, 11) is 0. The predicted octanol–water partition coefficient (Wildman–Crippen LogP) is 7.58. The number of carbonyl (C=O) groups is 5. The largest absolute Gasteiger partial charge is 0.474 e. The number of pyridine rings is 3. The number of anilines is 3. The van der Waals surface area contributed by atoms with Gasteiger partial charge in [-0.1, -0.05) is 24.6 Å². The smallest absolute Gasteiger partial charge is 0.238 e. The SMILES string of the molecule is CC(C)n1cnc2cc(-c3ccc4c(c3)N(C3CC(N5CCCCC5)C3)C(=O)C43CCN(C(=O)[C@@H]4CCN(C(=O)C5CCC(Oc6ccc(C7CCC(=O)NC7=O)cn6)CC5)C4)CC3)nc(Nc3ccncc3F)c21. The summed E-state index contributed by atoms with van der Waals surface area (Å²) in [5.41, 5.74) is 5.11. The van der Waals surface area contributed by atoms with E-state index in [1.165, 1.54) is 31.7 Å². The van der Waals surface area contributed by atoms with Gasteiger partial charge >= 0.3 is 0 Å². The van der Waals surface area contributed by atoms with Crippen molar-refractivity contribution in [3.8, 4) is 17.1 Å². The highest BCUT2D eigenvalue weighted by Gasteiger charge is 2.56. The summed E-state index contributed by atoms with van der Waals surface area (Å²) in [6, 6.07) is 14.0. The van der Waals surface area contributed by atoms with E-state index in [1.54, 1.807) is 24.7 Å². The Kier molecular flexibility index (Phi) is 13.1. The molecule has 392 valence electrons. The number of halogens is 1. The third kappa shape index (κ3) is 9.20. The molecule has 18 heteroatoms. The van der Waals surface area contributed by atoms with Crippen LogP contribution in [0.15, 0.2) is 67.4 Å². The molecule has 0 bridgehead atoms. The zero-order valence-corrected chi connectivity index (χ0v) is 42.9. The highest BCUT2D eigenvalue weighted by molar-refractivity contribution is 6.09. The number of carbonyl (C=O) groups excluding carboxylic acids is 5. The van der Waals surface area contributed by atoms with E-state index >= 15 is 9.18 Å². The molecule has 7 aliphatic rings. The number of piperidine rings is 3. The summed E-state index contributed by atoms with van der Waals surface area (Å²) in [6.45, 7) is 8.23. The lowest BCUT2D eigenvalue weighted by molar-refractivity contribution is -0.140. The molecule has 9 heterocycles. The molecular weight excluding hydrogens is 954 g/mol. The fourth-order valence-electron chi connectivity index (χ4n) is 13.3. The number of ether oxygens (including phenoxy) is 1. The number of hydrogen-bond acceptors (Lipinski definition) is 12. The molecule has 0 radical (unpaired) electrons. The van der Waals surface area contributed by atoms with E-state index < -0.39 is 17.2 Å². The third-order valence-electron chi connectivity index (χ3n) is 17.7. The van der Waals surface area contributed by atoms with E-state index in [4.69, 9.17) is 14.7 Å². The molecule has 6 fully saturated rings. The first-order chi connectivity index (χ1) is 36.4. The monoisotopic (exact) mass is 1020 g/mol. The summed E-state index contributed by atoms with van der Waals surface area (Å²) in [5.74, 6) is -0.622. The fourth-order valence-corrected chi connectivity index (χ4v) is 13.3. The molecule has 5 aromatic rings. The van der Waals surface area contributed by atoms with Crippen LogP contribution < -0.4 is 20.3 Å². The topological polar surface area (TPSA) is 188 Å². The summed E-state index contributed by atoms with van der Waals surface area (Å²) in [4.78, 5) is 94.3. The molecule has 1 unspecified atom stereocenters. The normalized spacial score (nSPS) is 25.9. The Balaban J connectivity index is 0.715. The van der Waals surface area contributed by atoms with Crippen LogP contribution in [-0.4, -0.2) is 126 Å². The van der Waals surface area contributed by atoms with Gasteiger partial charge in [-0.05, 0) is 133 Å². The molecule has 2 saturated carbocycles. The van der Waals surface area contributed by atoms with Gasteiger partial charge in [0, 0.05) is 86.4 Å². The Labute approximate surface area is 436 Å². The lowest BCUT2D eigenvalue weighted by atomic mass is 9.73. The summed E-state index contributed by atoms with van der Waals surface area (Å²) in [6.07, 6.45) is 16.8. The number of fused-ring (bicyclic) bond motifs is 3. The molecule has 4 saturated heterocycles. The number of imide groups is 1. The maximum Gasteiger partial charge on any atom is 0.238 e. The van der Waals surface area contributed by atoms with Gasteiger partial charge in [-0.3, -0.25) is 34.3 Å². The van der Waals surface area contributed by atoms with Crippen LogP contribution in [0.1, 0.15) is 127 Å². The molecule has 75 heavy (non-hydrogen) atoms. The van der Waals surface area contributed by atoms with Gasteiger partial charge in [0.2, 0.25) is 35.4 Å². The number of benzene rings is 1. The zero-order chi connectivity index (χ0) is 51.5. The van der Waals surface area contributed by atoms with Gasteiger partial charge < -0.3 is 34.2 Å². The average Bonchev–Trinajstić information content (AvgIpc) is 4.16. The highest BCUT2D eigenvalue weighted by Crippen LogP contribution is 2.52. The van der Waals surface area contributed by atoms with Crippen molar-refractivity contribution in [2.45, 2.75) is 139 Å². The number of nitrogens with zero attached hydrogens (tertiary/aromatic N) is 9. The van der Waals surface area contributed by atoms with Crippen molar-refractivity contribution in [1.82, 2.24) is 44.5 Å². The number of nitrogens with one attached hydrogen (secondary N) is 2. The first-order valence-electron chi connectivity index (χ1n) is 27.4. The van der Waals surface area contributed by atoms with Crippen molar-refractivity contribution in [3.63, 3.8) is 0 Å². The van der Waals surface area contributed by atoms with Crippen LogP contribution in [0.5, 0.6) is 5.88 Å². The predicted molar refractivity (Wildman–Crippen MR) is 278 cm³/mol. The first kappa shape index (κ1) is 49.1. The molecule has 5 amide bonds. The molecule has 1 spiro atoms. The van der Waals surface area contributed by atoms with Crippen LogP contribution >= 0.6 is 0 Å². The van der Waals surface area contributed by atoms with E-state index in [-0.39, 0.29) is 65.2 Å². The minimum atomic E-state index is -0.768. The summed E-state index contributed by atoms with van der Waals surface area (Å²) < 4.78 is 23.3. The number of hydrogen-bond donors (Lipinski definition) is 2. The molecule has 2 N–H and O–H groups in total. The summed E-state index contributed by atoms with van der Waals surface area (Å²) in [5, 5.41) is 5.64. The number of rotatable bonds is 11. The Bertz CT molecular complexity index is 3030. The summed E-state index contributed by atoms with van der Waals surface area (Å²) >= 11 is 0. The van der Waals surface area contributed by atoms with E-state index in [9.17, 15) is 19.2 Å². The second-order valence-electron chi connectivity index (χ2n) is 22.4. The van der Waals surface area contributed by atoms with E-state index in [2.05, 4.69) is 56.4 Å². The molecule has 12 rings (SSSR count). The number of likely N-dealkylation sites (tertiary alicyclic amines) is 3. The minimum Gasteiger partial charge on any atom is -0.474 e. The third-order valence-corrected chi connectivity index (χ3v) is 17.7. The van der Waals surface area contributed by atoms with Crippen molar-refractivity contribution < 1.29 is 33.1 Å². The molecule has 17 nitrogen and oxygen atoms in total. The quantitative estimate of drug-likeness (QED) is 0.124. The van der Waals surface area contributed by atoms with Crippen molar-refractivity contribution in [1.29, 1.82) is 0 Å². The van der Waals surface area contributed by atoms with Crippen LogP contribution in [-0.2, 0) is 29.4 Å². The molecule has 1 aromatic carbocycles. The molecule has 2 aliphatic carbocycles. The second-order valence-corrected chi connectivity index (χ2v) is 22.4. The molecular formula is C57H66FN11O6. The average molecular weight is 1020 g/mol. The zero-order valence-electron chi connectivity index (χ0n) is 42.9. The van der Waals surface area contributed by atoms with Crippen LogP contribution in [0.4, 0.5) is 21.6 Å². The number of aromatic nitrogens is 5. The van der Waals surface area contributed by atoms with Crippen LogP contribution in [0.25, 0.3) is 22.3 Å². The lowest BCUT2D eigenvalue weighted by Gasteiger charge is -2.48. The van der Waals surface area contributed by atoms with Crippen molar-refractivity contribution in [2.75, 3.05) is 49.5 Å². The van der Waals surface area contributed by atoms with Crippen molar-refractivity contribution in [3.05, 3.63) is 84.3 Å². The lowest BCUT2D eigenvalue weighted by Crippen LogP contribution is -2.58. The van der Waals surface area contributed by atoms with Crippen molar-refractivity contribution in [2.24, 2.45) is 11.8 Å². The van der Waals surface area contributed by atoms with Gasteiger partial charge in [-0.15, -0.1) is 0 Å². The Hall–Kier alpha value is -6.82. The minimum absolute atomic E-state index is 0.0621. The molecule has 4 aromatic heterocycles. The van der Waals surface area contributed by atoms with E-state index in [0.717, 1.165) is 53.8 Å². The van der Waals surface area contributed by atoms with Gasteiger partial charge in [0.15, 0.2) is 11.6 Å². The highest BCUT2D eigenvalue weighted by atomic mass is 19.1. The van der Waals surface area contributed by atoms with Crippen LogP contribution in [0.3, 0.4) is 0 Å². The van der Waals surface area contributed by atoms with Gasteiger partial charge in [-0.2, -0.15) is 0 Å². The van der Waals surface area contributed by atoms with Gasteiger partial charge in [0.25, 0.3) is 0 Å². The first-order valence-corrected chi connectivity index (χ1v) is 27.4. The maximum atomic E-state index is 15.3. The number of imidazole rings is 1. The Morgan fingerprint density at radius 3 is 2.35 bits per heavy atom. The van der Waals surface area contributed by atoms with Gasteiger partial charge in [0.1, 0.15) is 11.6 Å². The van der Waals surface area contributed by atoms with E-state index in [1.807, 2.05) is 32.6 Å². The maximum absolute atomic E-state index is 15.3. The van der Waals surface area contributed by atoms with Crippen LogP contribution in [0, 0.1) is 17.7 Å². The van der Waals surface area contributed by atoms with Crippen molar-refractivity contribution >= 4 is 57.8 Å². The Morgan fingerprint density at radius 2 is 1.61 bits per heavy atom.